The molecule has 2 aromatic carbocycles. The number of ether oxygens (including phenoxy) is 1. The molecule has 0 aliphatic carbocycles. The van der Waals surface area contributed by atoms with Gasteiger partial charge in [-0.1, -0.05) is 48.4 Å². The van der Waals surface area contributed by atoms with E-state index in [1.807, 2.05) is 26.0 Å². The Balaban J connectivity index is 1.97. The van der Waals surface area contributed by atoms with Gasteiger partial charge in [0.2, 0.25) is 11.7 Å². The fourth-order valence-corrected chi connectivity index (χ4v) is 5.44. The Kier molecular flexibility index (Phi) is 7.63. The van der Waals surface area contributed by atoms with Crippen molar-refractivity contribution >= 4 is 33.0 Å². The fourth-order valence-electron chi connectivity index (χ4n) is 3.74. The second-order valence-electron chi connectivity index (χ2n) is 8.00. The van der Waals surface area contributed by atoms with Crippen LogP contribution in [0.1, 0.15) is 56.8 Å². The van der Waals surface area contributed by atoms with E-state index < -0.39 is 15.6 Å². The van der Waals surface area contributed by atoms with Gasteiger partial charge in [0.15, 0.2) is 22.2 Å². The number of nitrogens with zero attached hydrogens (tertiary/aromatic N) is 2. The first-order valence-electron chi connectivity index (χ1n) is 10.9. The highest BCUT2D eigenvalue weighted by Crippen LogP contribution is 2.33. The van der Waals surface area contributed by atoms with Gasteiger partial charge in [-0.2, -0.15) is 5.10 Å². The highest BCUT2D eigenvalue weighted by Gasteiger charge is 2.27. The molecule has 1 heterocycles. The standard InChI is InChI=1S/C25H27ClN2O5S/c1-6-28-25(33-14-21(29)18-10-8-15(3)9-11-18)20(13-27-28)23(30)19-12-16(4)24(17(5)22(19)26)34(31,32)7-2/h8-13H,6-7,14H2,1-5H3. The van der Waals surface area contributed by atoms with Crippen LogP contribution in [-0.2, 0) is 16.4 Å². The quantitative estimate of drug-likeness (QED) is 0.391. The normalized spacial score (nSPS) is 11.5. The minimum Gasteiger partial charge on any atom is -0.469 e. The molecular formula is C25H27ClN2O5S. The van der Waals surface area contributed by atoms with Crippen molar-refractivity contribution in [2.24, 2.45) is 0 Å². The maximum Gasteiger partial charge on any atom is 0.223 e. The van der Waals surface area contributed by atoms with Crippen LogP contribution >= 0.6 is 11.6 Å². The van der Waals surface area contributed by atoms with E-state index in [0.29, 0.717) is 23.2 Å². The number of benzene rings is 2. The van der Waals surface area contributed by atoms with Crippen LogP contribution in [0.2, 0.25) is 5.02 Å². The largest absolute Gasteiger partial charge is 0.469 e. The van der Waals surface area contributed by atoms with Gasteiger partial charge in [-0.3, -0.25) is 9.59 Å². The fraction of sp³-hybridized carbons (Fsp3) is 0.320. The van der Waals surface area contributed by atoms with Crippen LogP contribution in [0.3, 0.4) is 0 Å². The number of hydrogen-bond acceptors (Lipinski definition) is 6. The van der Waals surface area contributed by atoms with Crippen molar-refractivity contribution < 1.29 is 22.7 Å². The molecule has 0 aliphatic rings. The second-order valence-corrected chi connectivity index (χ2v) is 10.6. The van der Waals surface area contributed by atoms with Crippen LogP contribution in [-0.4, -0.2) is 42.1 Å². The lowest BCUT2D eigenvalue weighted by Gasteiger charge is -2.15. The molecule has 0 radical (unpaired) electrons. The zero-order chi connectivity index (χ0) is 25.2. The summed E-state index contributed by atoms with van der Waals surface area (Å²) >= 11 is 6.48. The Morgan fingerprint density at radius 3 is 2.29 bits per heavy atom. The summed E-state index contributed by atoms with van der Waals surface area (Å²) < 4.78 is 32.3. The average Bonchev–Trinajstić information content (AvgIpc) is 3.22. The van der Waals surface area contributed by atoms with Gasteiger partial charge >= 0.3 is 0 Å². The Hall–Kier alpha value is -2.97. The van der Waals surface area contributed by atoms with E-state index in [1.165, 1.54) is 16.9 Å². The molecule has 3 aromatic rings. The summed E-state index contributed by atoms with van der Waals surface area (Å²) in [4.78, 5) is 26.2. The number of carbonyl (C=O) groups excluding carboxylic acids is 2. The van der Waals surface area contributed by atoms with Crippen molar-refractivity contribution in [1.82, 2.24) is 9.78 Å². The van der Waals surface area contributed by atoms with Crippen molar-refractivity contribution in [1.29, 1.82) is 0 Å². The molecule has 0 bridgehead atoms. The number of aromatic nitrogens is 2. The van der Waals surface area contributed by atoms with Crippen molar-refractivity contribution in [2.75, 3.05) is 12.4 Å². The van der Waals surface area contributed by atoms with Crippen molar-refractivity contribution in [2.45, 2.75) is 46.1 Å². The molecule has 0 saturated heterocycles. The Morgan fingerprint density at radius 2 is 1.71 bits per heavy atom. The third kappa shape index (κ3) is 4.93. The van der Waals surface area contributed by atoms with Gasteiger partial charge in [-0.15, -0.1) is 0 Å². The van der Waals surface area contributed by atoms with Gasteiger partial charge in [-0.05, 0) is 44.9 Å². The lowest BCUT2D eigenvalue weighted by molar-refractivity contribution is 0.0907. The van der Waals surface area contributed by atoms with E-state index >= 15 is 0 Å². The van der Waals surface area contributed by atoms with E-state index in [0.717, 1.165) is 5.56 Å². The highest BCUT2D eigenvalue weighted by molar-refractivity contribution is 7.91. The first-order chi connectivity index (χ1) is 16.0. The molecule has 0 aliphatic heterocycles. The maximum absolute atomic E-state index is 13.5. The number of sulfone groups is 1. The van der Waals surface area contributed by atoms with Gasteiger partial charge in [0.25, 0.3) is 0 Å². The van der Waals surface area contributed by atoms with Gasteiger partial charge in [0.05, 0.1) is 21.9 Å². The van der Waals surface area contributed by atoms with Gasteiger partial charge < -0.3 is 4.74 Å². The second kappa shape index (κ2) is 10.1. The molecule has 34 heavy (non-hydrogen) atoms. The molecule has 180 valence electrons. The van der Waals surface area contributed by atoms with Crippen LogP contribution in [0.25, 0.3) is 0 Å². The number of carbonyl (C=O) groups is 2. The van der Waals surface area contributed by atoms with Crippen molar-refractivity contribution in [3.05, 3.63) is 74.9 Å². The summed E-state index contributed by atoms with van der Waals surface area (Å²) in [6.07, 6.45) is 1.37. The van der Waals surface area contributed by atoms with E-state index in [-0.39, 0.29) is 45.1 Å². The van der Waals surface area contributed by atoms with E-state index in [9.17, 15) is 18.0 Å². The molecule has 0 N–H and O–H groups in total. The van der Waals surface area contributed by atoms with Crippen molar-refractivity contribution in [3.8, 4) is 5.88 Å². The zero-order valence-electron chi connectivity index (χ0n) is 19.8. The van der Waals surface area contributed by atoms with Crippen LogP contribution < -0.4 is 4.74 Å². The molecule has 0 atom stereocenters. The van der Waals surface area contributed by atoms with Crippen LogP contribution in [0.15, 0.2) is 41.4 Å². The Bertz CT molecular complexity index is 1360. The summed E-state index contributed by atoms with van der Waals surface area (Å²) in [5.41, 5.74) is 2.60. The average molecular weight is 503 g/mol. The SMILES string of the molecule is CCn1ncc(C(=O)c2cc(C)c(S(=O)(=O)CC)c(C)c2Cl)c1OCC(=O)c1ccc(C)cc1. The number of halogens is 1. The lowest BCUT2D eigenvalue weighted by atomic mass is 10.0. The molecule has 0 saturated carbocycles. The molecule has 0 amide bonds. The third-order valence-corrected chi connectivity index (χ3v) is 8.11. The Morgan fingerprint density at radius 1 is 1.06 bits per heavy atom. The molecule has 7 nitrogen and oxygen atoms in total. The van der Waals surface area contributed by atoms with E-state index in [4.69, 9.17) is 16.3 Å². The minimum absolute atomic E-state index is 0.0635. The van der Waals surface area contributed by atoms with Crippen LogP contribution in [0.4, 0.5) is 0 Å². The summed E-state index contributed by atoms with van der Waals surface area (Å²) in [6, 6.07) is 8.61. The molecule has 3 rings (SSSR count). The van der Waals surface area contributed by atoms with Gasteiger partial charge in [0, 0.05) is 17.7 Å². The summed E-state index contributed by atoms with van der Waals surface area (Å²) in [6.45, 7) is 8.69. The smallest absolute Gasteiger partial charge is 0.223 e. The van der Waals surface area contributed by atoms with E-state index in [2.05, 4.69) is 5.10 Å². The number of ketones is 2. The first-order valence-corrected chi connectivity index (χ1v) is 12.9. The summed E-state index contributed by atoms with van der Waals surface area (Å²) in [5.74, 6) is -0.617. The maximum atomic E-state index is 13.5. The topological polar surface area (TPSA) is 95.3 Å². The molecule has 1 aromatic heterocycles. The number of Topliss-reactive ketones (excluding diaryl/α,β-unsaturated/α-hetero) is 1. The third-order valence-electron chi connectivity index (χ3n) is 5.61. The number of aryl methyl sites for hydroxylation is 3. The molecule has 9 heteroatoms. The van der Waals surface area contributed by atoms with Crippen molar-refractivity contribution in [3.63, 3.8) is 0 Å². The number of rotatable bonds is 9. The predicted molar refractivity (Wildman–Crippen MR) is 131 cm³/mol. The van der Waals surface area contributed by atoms with Gasteiger partial charge in [0.1, 0.15) is 5.56 Å². The summed E-state index contributed by atoms with van der Waals surface area (Å²) in [7, 11) is -3.52. The predicted octanol–water partition coefficient (Wildman–Crippen LogP) is 4.77. The highest BCUT2D eigenvalue weighted by atomic mass is 35.5. The summed E-state index contributed by atoms with van der Waals surface area (Å²) in [5, 5.41) is 4.27. The first kappa shape index (κ1) is 25.6. The van der Waals surface area contributed by atoms with E-state index in [1.54, 1.807) is 32.9 Å². The molecule has 0 spiro atoms. The lowest BCUT2D eigenvalue weighted by Crippen LogP contribution is -2.16. The molecular weight excluding hydrogens is 476 g/mol. The molecule has 0 fully saturated rings. The minimum atomic E-state index is -3.52. The van der Waals surface area contributed by atoms with Gasteiger partial charge in [-0.25, -0.2) is 13.1 Å². The monoisotopic (exact) mass is 502 g/mol. The number of hydrogen-bond donors (Lipinski definition) is 0. The zero-order valence-corrected chi connectivity index (χ0v) is 21.4. The molecule has 0 unspecified atom stereocenters. The van der Waals surface area contributed by atoms with Crippen LogP contribution in [0, 0.1) is 20.8 Å². The Labute approximate surface area is 204 Å². The van der Waals surface area contributed by atoms with Crippen LogP contribution in [0.5, 0.6) is 5.88 Å².